The zero-order valence-corrected chi connectivity index (χ0v) is 15.4. The molecule has 0 atom stereocenters. The molecule has 1 aliphatic rings. The number of aromatic nitrogens is 1. The van der Waals surface area contributed by atoms with Crippen LogP contribution in [0.15, 0.2) is 30.3 Å². The van der Waals surface area contributed by atoms with Gasteiger partial charge < -0.3 is 18.8 Å². The SMILES string of the molecule is COc1cc2c(c(OC)c1OC)-c1c(c3ccccc3n1C)C(=O)CC2. The van der Waals surface area contributed by atoms with E-state index in [0.717, 1.165) is 33.3 Å². The molecule has 5 nitrogen and oxygen atoms in total. The van der Waals surface area contributed by atoms with Crippen LogP contribution in [0, 0.1) is 0 Å². The zero-order valence-electron chi connectivity index (χ0n) is 15.4. The van der Waals surface area contributed by atoms with Gasteiger partial charge in [-0.2, -0.15) is 0 Å². The third-order valence-electron chi connectivity index (χ3n) is 5.16. The molecular weight excluding hydrogens is 330 g/mol. The Balaban J connectivity index is 2.19. The highest BCUT2D eigenvalue weighted by atomic mass is 16.5. The number of hydrogen-bond acceptors (Lipinski definition) is 4. The predicted molar refractivity (Wildman–Crippen MR) is 101 cm³/mol. The summed E-state index contributed by atoms with van der Waals surface area (Å²) in [6.45, 7) is 0. The van der Waals surface area contributed by atoms with E-state index in [9.17, 15) is 4.79 Å². The van der Waals surface area contributed by atoms with E-state index in [4.69, 9.17) is 14.2 Å². The smallest absolute Gasteiger partial charge is 0.203 e. The molecule has 5 heteroatoms. The van der Waals surface area contributed by atoms with Gasteiger partial charge in [-0.3, -0.25) is 4.79 Å². The van der Waals surface area contributed by atoms with E-state index in [1.54, 1.807) is 21.3 Å². The van der Waals surface area contributed by atoms with Gasteiger partial charge in [0.15, 0.2) is 17.3 Å². The topological polar surface area (TPSA) is 49.7 Å². The molecular formula is C21H21NO4. The summed E-state index contributed by atoms with van der Waals surface area (Å²) in [4.78, 5) is 13.0. The molecule has 0 bridgehead atoms. The van der Waals surface area contributed by atoms with Crippen LogP contribution in [0.1, 0.15) is 22.3 Å². The van der Waals surface area contributed by atoms with Crippen LogP contribution < -0.4 is 14.2 Å². The zero-order chi connectivity index (χ0) is 18.4. The van der Waals surface area contributed by atoms with E-state index >= 15 is 0 Å². The first-order valence-corrected chi connectivity index (χ1v) is 8.55. The highest BCUT2D eigenvalue weighted by Crippen LogP contribution is 2.50. The minimum absolute atomic E-state index is 0.146. The summed E-state index contributed by atoms with van der Waals surface area (Å²) in [5.74, 6) is 1.90. The fourth-order valence-electron chi connectivity index (χ4n) is 4.01. The van der Waals surface area contributed by atoms with Crippen molar-refractivity contribution in [3.63, 3.8) is 0 Å². The maximum absolute atomic E-state index is 13.0. The first-order chi connectivity index (χ1) is 12.6. The highest BCUT2D eigenvalue weighted by Gasteiger charge is 2.31. The number of Topliss-reactive ketones (excluding diaryl/α,β-unsaturated/α-hetero) is 1. The summed E-state index contributed by atoms with van der Waals surface area (Å²) in [5, 5.41) is 0.972. The van der Waals surface area contributed by atoms with Crippen molar-refractivity contribution in [2.75, 3.05) is 21.3 Å². The van der Waals surface area contributed by atoms with Crippen LogP contribution in [-0.2, 0) is 13.5 Å². The third-order valence-corrected chi connectivity index (χ3v) is 5.16. The Labute approximate surface area is 152 Å². The lowest BCUT2D eigenvalue weighted by molar-refractivity contribution is 0.0986. The standard InChI is InChI=1S/C21H21NO4/c1-22-14-8-6-5-7-13(14)18-15(23)10-9-12-11-16(24-2)20(25-3)21(26-4)17(12)19(18)22/h5-8,11H,9-10H2,1-4H3. The van der Waals surface area contributed by atoms with Crippen molar-refractivity contribution < 1.29 is 19.0 Å². The van der Waals surface area contributed by atoms with E-state index < -0.39 is 0 Å². The van der Waals surface area contributed by atoms with Gasteiger partial charge >= 0.3 is 0 Å². The summed E-state index contributed by atoms with van der Waals surface area (Å²) in [7, 11) is 6.80. The predicted octanol–water partition coefficient (Wildman–Crippen LogP) is 4.00. The van der Waals surface area contributed by atoms with Crippen LogP contribution in [0.3, 0.4) is 0 Å². The molecule has 26 heavy (non-hydrogen) atoms. The fraction of sp³-hybridized carbons (Fsp3) is 0.286. The summed E-state index contributed by atoms with van der Waals surface area (Å²) >= 11 is 0. The van der Waals surface area contributed by atoms with Crippen molar-refractivity contribution in [2.24, 2.45) is 7.05 Å². The number of benzene rings is 2. The first kappa shape index (κ1) is 16.5. The van der Waals surface area contributed by atoms with Crippen molar-refractivity contribution in [2.45, 2.75) is 12.8 Å². The lowest BCUT2D eigenvalue weighted by Crippen LogP contribution is -2.03. The Hall–Kier alpha value is -2.95. The molecule has 0 unspecified atom stereocenters. The van der Waals surface area contributed by atoms with Crippen molar-refractivity contribution in [1.82, 2.24) is 4.57 Å². The van der Waals surface area contributed by atoms with Crippen LogP contribution in [0.2, 0.25) is 0 Å². The quantitative estimate of drug-likeness (QED) is 0.716. The molecule has 1 aromatic heterocycles. The first-order valence-electron chi connectivity index (χ1n) is 8.55. The summed E-state index contributed by atoms with van der Waals surface area (Å²) in [6, 6.07) is 9.94. The second-order valence-corrected chi connectivity index (χ2v) is 6.40. The van der Waals surface area contributed by atoms with Gasteiger partial charge in [0.05, 0.1) is 32.6 Å². The number of carbonyl (C=O) groups excluding carboxylic acids is 1. The molecule has 3 aromatic rings. The third kappa shape index (κ3) is 2.13. The number of para-hydroxylation sites is 1. The number of ketones is 1. The van der Waals surface area contributed by atoms with Crippen molar-refractivity contribution in [3.05, 3.63) is 41.5 Å². The number of carbonyl (C=O) groups is 1. The molecule has 0 amide bonds. The normalized spacial score (nSPS) is 13.2. The molecule has 0 spiro atoms. The van der Waals surface area contributed by atoms with Gasteiger partial charge in [0.25, 0.3) is 0 Å². The maximum Gasteiger partial charge on any atom is 0.203 e. The van der Waals surface area contributed by atoms with Gasteiger partial charge in [-0.1, -0.05) is 18.2 Å². The van der Waals surface area contributed by atoms with Crippen LogP contribution in [0.4, 0.5) is 0 Å². The monoisotopic (exact) mass is 351 g/mol. The Morgan fingerprint density at radius 1 is 0.923 bits per heavy atom. The molecule has 2 aromatic carbocycles. The van der Waals surface area contributed by atoms with Gasteiger partial charge in [0.2, 0.25) is 5.75 Å². The van der Waals surface area contributed by atoms with Crippen molar-refractivity contribution in [1.29, 1.82) is 0 Å². The average Bonchev–Trinajstić information content (AvgIpc) is 2.87. The Bertz CT molecular complexity index is 1030. The summed E-state index contributed by atoms with van der Waals surface area (Å²) < 4.78 is 18.9. The van der Waals surface area contributed by atoms with Gasteiger partial charge in [0.1, 0.15) is 0 Å². The number of methoxy groups -OCH3 is 3. The van der Waals surface area contributed by atoms with Crippen LogP contribution in [-0.4, -0.2) is 31.7 Å². The lowest BCUT2D eigenvalue weighted by atomic mass is 9.99. The number of ether oxygens (including phenoxy) is 3. The highest BCUT2D eigenvalue weighted by molar-refractivity contribution is 6.15. The molecule has 134 valence electrons. The van der Waals surface area contributed by atoms with E-state index in [0.29, 0.717) is 30.1 Å². The molecule has 0 N–H and O–H groups in total. The largest absolute Gasteiger partial charge is 0.493 e. The Morgan fingerprint density at radius 2 is 1.65 bits per heavy atom. The van der Waals surface area contributed by atoms with E-state index in [2.05, 4.69) is 4.57 Å². The van der Waals surface area contributed by atoms with Gasteiger partial charge in [-0.25, -0.2) is 0 Å². The Kier molecular flexibility index (Phi) is 3.87. The van der Waals surface area contributed by atoms with Crippen LogP contribution in [0.25, 0.3) is 22.2 Å². The molecule has 4 rings (SSSR count). The minimum atomic E-state index is 0.146. The number of fused-ring (bicyclic) bond motifs is 5. The molecule has 0 radical (unpaired) electrons. The van der Waals surface area contributed by atoms with Gasteiger partial charge in [0, 0.05) is 29.9 Å². The van der Waals surface area contributed by atoms with E-state index in [-0.39, 0.29) is 5.78 Å². The average molecular weight is 351 g/mol. The molecule has 1 heterocycles. The van der Waals surface area contributed by atoms with Crippen LogP contribution in [0.5, 0.6) is 17.2 Å². The fourth-order valence-corrected chi connectivity index (χ4v) is 4.01. The van der Waals surface area contributed by atoms with Gasteiger partial charge in [-0.15, -0.1) is 0 Å². The molecule has 0 saturated heterocycles. The second-order valence-electron chi connectivity index (χ2n) is 6.40. The Morgan fingerprint density at radius 3 is 2.35 bits per heavy atom. The van der Waals surface area contributed by atoms with Crippen molar-refractivity contribution in [3.8, 4) is 28.5 Å². The molecule has 0 aliphatic heterocycles. The van der Waals surface area contributed by atoms with Crippen LogP contribution >= 0.6 is 0 Å². The molecule has 0 fully saturated rings. The molecule has 0 saturated carbocycles. The second kappa shape index (κ2) is 6.09. The molecule has 1 aliphatic carbocycles. The van der Waals surface area contributed by atoms with Gasteiger partial charge in [-0.05, 0) is 24.1 Å². The van der Waals surface area contributed by atoms with E-state index in [1.165, 1.54) is 0 Å². The van der Waals surface area contributed by atoms with Crippen molar-refractivity contribution >= 4 is 16.7 Å². The number of hydrogen-bond donors (Lipinski definition) is 0. The summed E-state index contributed by atoms with van der Waals surface area (Å²) in [5.41, 5.74) is 4.59. The van der Waals surface area contributed by atoms with E-state index in [1.807, 2.05) is 37.4 Å². The lowest BCUT2D eigenvalue weighted by Gasteiger charge is -2.19. The number of rotatable bonds is 3. The maximum atomic E-state index is 13.0. The number of aryl methyl sites for hydroxylation is 2. The summed E-state index contributed by atoms with van der Waals surface area (Å²) in [6.07, 6.45) is 1.08. The minimum Gasteiger partial charge on any atom is -0.493 e. The number of nitrogens with zero attached hydrogens (tertiary/aromatic N) is 1.